The van der Waals surface area contributed by atoms with Crippen molar-refractivity contribution in [3.8, 4) is 0 Å². The lowest BCUT2D eigenvalue weighted by atomic mass is 9.92. The molecule has 1 fully saturated rings. The van der Waals surface area contributed by atoms with Crippen molar-refractivity contribution in [3.63, 3.8) is 0 Å². The van der Waals surface area contributed by atoms with Gasteiger partial charge in [-0.05, 0) is 31.4 Å². The van der Waals surface area contributed by atoms with Crippen LogP contribution in [0.5, 0.6) is 0 Å². The zero-order valence-corrected chi connectivity index (χ0v) is 13.4. The Morgan fingerprint density at radius 2 is 1.90 bits per heavy atom. The first-order valence-corrected chi connectivity index (χ1v) is 8.03. The molecule has 0 spiro atoms. The van der Waals surface area contributed by atoms with E-state index < -0.39 is 0 Å². The Hall–Kier alpha value is -1.32. The van der Waals surface area contributed by atoms with Crippen LogP contribution in [0.25, 0.3) is 11.0 Å². The van der Waals surface area contributed by atoms with Crippen LogP contribution in [0.15, 0.2) is 28.7 Å². The highest BCUT2D eigenvalue weighted by atomic mass is 16.3. The third-order valence-corrected chi connectivity index (χ3v) is 4.45. The molecular formula is C18H26N2O. The normalized spacial score (nSPS) is 23.8. The molecule has 0 bridgehead atoms. The number of hydrogen-bond donors (Lipinski definition) is 1. The maximum Gasteiger partial charge on any atom is 0.134 e. The molecule has 2 unspecified atom stereocenters. The molecule has 0 radical (unpaired) electrons. The van der Waals surface area contributed by atoms with Crippen LogP contribution < -0.4 is 5.32 Å². The van der Waals surface area contributed by atoms with E-state index in [0.29, 0.717) is 0 Å². The quantitative estimate of drug-likeness (QED) is 0.930. The second-order valence-electron chi connectivity index (χ2n) is 6.67. The summed E-state index contributed by atoms with van der Waals surface area (Å²) in [4.78, 5) is 2.55. The van der Waals surface area contributed by atoms with E-state index in [1.54, 1.807) is 0 Å². The molecule has 2 atom stereocenters. The van der Waals surface area contributed by atoms with Crippen molar-refractivity contribution in [2.75, 3.05) is 20.1 Å². The Bertz CT molecular complexity index is 594. The second-order valence-corrected chi connectivity index (χ2v) is 6.67. The molecule has 1 aliphatic rings. The minimum absolute atomic E-state index is 0.783. The van der Waals surface area contributed by atoms with E-state index in [1.165, 1.54) is 30.5 Å². The summed E-state index contributed by atoms with van der Waals surface area (Å²) in [5.41, 5.74) is 2.33. The fourth-order valence-corrected chi connectivity index (χ4v) is 3.77. The van der Waals surface area contributed by atoms with Crippen LogP contribution in [-0.4, -0.2) is 25.0 Å². The number of likely N-dealkylation sites (tertiary alicyclic amines) is 1. The topological polar surface area (TPSA) is 28.4 Å². The van der Waals surface area contributed by atoms with Gasteiger partial charge in [-0.3, -0.25) is 4.90 Å². The van der Waals surface area contributed by atoms with Crippen LogP contribution in [0.1, 0.15) is 31.6 Å². The number of nitrogens with one attached hydrogen (secondary N) is 1. The van der Waals surface area contributed by atoms with Gasteiger partial charge in [0.15, 0.2) is 0 Å². The molecular weight excluding hydrogens is 260 g/mol. The van der Waals surface area contributed by atoms with Gasteiger partial charge in [0, 0.05) is 30.6 Å². The minimum atomic E-state index is 0.783. The van der Waals surface area contributed by atoms with Crippen molar-refractivity contribution in [2.45, 2.75) is 33.4 Å². The molecule has 21 heavy (non-hydrogen) atoms. The monoisotopic (exact) mass is 286 g/mol. The summed E-state index contributed by atoms with van der Waals surface area (Å²) in [5.74, 6) is 2.70. The minimum Gasteiger partial charge on any atom is -0.459 e. The van der Waals surface area contributed by atoms with E-state index in [4.69, 9.17) is 4.42 Å². The van der Waals surface area contributed by atoms with Gasteiger partial charge in [-0.25, -0.2) is 0 Å². The molecule has 1 N–H and O–H groups in total. The van der Waals surface area contributed by atoms with E-state index >= 15 is 0 Å². The molecule has 1 aliphatic heterocycles. The lowest BCUT2D eigenvalue weighted by Gasteiger charge is -2.34. The van der Waals surface area contributed by atoms with E-state index in [0.717, 1.165) is 36.3 Å². The standard InChI is InChI=1S/C18H26N2O/c1-13-8-14(2)11-20(10-13)12-18-16(9-19-3)15-6-4-5-7-17(15)21-18/h4-7,13-14,19H,8-12H2,1-3H3. The summed E-state index contributed by atoms with van der Waals surface area (Å²) in [6.07, 6.45) is 1.35. The van der Waals surface area contributed by atoms with Gasteiger partial charge in [0.05, 0.1) is 6.54 Å². The predicted molar refractivity (Wildman–Crippen MR) is 87.2 cm³/mol. The fraction of sp³-hybridized carbons (Fsp3) is 0.556. The number of hydrogen-bond acceptors (Lipinski definition) is 3. The third kappa shape index (κ3) is 3.14. The Morgan fingerprint density at radius 3 is 2.62 bits per heavy atom. The molecule has 3 heteroatoms. The smallest absolute Gasteiger partial charge is 0.134 e. The van der Waals surface area contributed by atoms with Gasteiger partial charge >= 0.3 is 0 Å². The largest absolute Gasteiger partial charge is 0.459 e. The average Bonchev–Trinajstić information content (AvgIpc) is 2.76. The molecule has 3 nitrogen and oxygen atoms in total. The first-order valence-electron chi connectivity index (χ1n) is 8.03. The highest BCUT2D eigenvalue weighted by molar-refractivity contribution is 5.82. The number of fused-ring (bicyclic) bond motifs is 1. The SMILES string of the molecule is CNCc1c(CN2CC(C)CC(C)C2)oc2ccccc12. The van der Waals surface area contributed by atoms with E-state index in [9.17, 15) is 0 Å². The molecule has 2 aromatic rings. The van der Waals surface area contributed by atoms with Crippen LogP contribution >= 0.6 is 0 Å². The Labute approximate surface area is 127 Å². The van der Waals surface area contributed by atoms with Gasteiger partial charge in [0.25, 0.3) is 0 Å². The van der Waals surface area contributed by atoms with E-state index in [1.807, 2.05) is 13.1 Å². The van der Waals surface area contributed by atoms with Gasteiger partial charge in [-0.15, -0.1) is 0 Å². The zero-order chi connectivity index (χ0) is 14.8. The van der Waals surface area contributed by atoms with Crippen molar-refractivity contribution in [2.24, 2.45) is 11.8 Å². The van der Waals surface area contributed by atoms with Crippen molar-refractivity contribution in [1.29, 1.82) is 0 Å². The maximum atomic E-state index is 6.14. The summed E-state index contributed by atoms with van der Waals surface area (Å²) >= 11 is 0. The van der Waals surface area contributed by atoms with Crippen molar-refractivity contribution >= 4 is 11.0 Å². The molecule has 0 amide bonds. The lowest BCUT2D eigenvalue weighted by molar-refractivity contribution is 0.126. The van der Waals surface area contributed by atoms with Crippen molar-refractivity contribution in [1.82, 2.24) is 10.2 Å². The summed E-state index contributed by atoms with van der Waals surface area (Å²) in [6.45, 7) is 8.87. The van der Waals surface area contributed by atoms with Crippen LogP contribution in [0.4, 0.5) is 0 Å². The Balaban J connectivity index is 1.87. The predicted octanol–water partition coefficient (Wildman–Crippen LogP) is 3.63. The maximum absolute atomic E-state index is 6.14. The summed E-state index contributed by atoms with van der Waals surface area (Å²) in [6, 6.07) is 8.37. The van der Waals surface area contributed by atoms with Crippen LogP contribution in [0.3, 0.4) is 0 Å². The van der Waals surface area contributed by atoms with Gasteiger partial charge in [-0.2, -0.15) is 0 Å². The molecule has 0 aliphatic carbocycles. The molecule has 1 aromatic heterocycles. The molecule has 114 valence electrons. The summed E-state index contributed by atoms with van der Waals surface area (Å²) in [7, 11) is 2.00. The van der Waals surface area contributed by atoms with Crippen molar-refractivity contribution in [3.05, 3.63) is 35.6 Å². The number of rotatable bonds is 4. The van der Waals surface area contributed by atoms with Crippen LogP contribution in [-0.2, 0) is 13.1 Å². The van der Waals surface area contributed by atoms with Crippen LogP contribution in [0, 0.1) is 11.8 Å². The number of piperidine rings is 1. The third-order valence-electron chi connectivity index (χ3n) is 4.45. The van der Waals surface area contributed by atoms with E-state index in [2.05, 4.69) is 42.3 Å². The first kappa shape index (κ1) is 14.6. The fourth-order valence-electron chi connectivity index (χ4n) is 3.77. The molecule has 2 heterocycles. The van der Waals surface area contributed by atoms with Crippen LogP contribution in [0.2, 0.25) is 0 Å². The number of nitrogens with zero attached hydrogens (tertiary/aromatic N) is 1. The Morgan fingerprint density at radius 1 is 1.19 bits per heavy atom. The van der Waals surface area contributed by atoms with E-state index in [-0.39, 0.29) is 0 Å². The number of para-hydroxylation sites is 1. The molecule has 3 rings (SSSR count). The average molecular weight is 286 g/mol. The Kier molecular flexibility index (Phi) is 4.32. The lowest BCUT2D eigenvalue weighted by Crippen LogP contribution is -2.38. The number of benzene rings is 1. The second kappa shape index (κ2) is 6.20. The highest BCUT2D eigenvalue weighted by Gasteiger charge is 2.24. The highest BCUT2D eigenvalue weighted by Crippen LogP contribution is 2.29. The van der Waals surface area contributed by atoms with Crippen molar-refractivity contribution < 1.29 is 4.42 Å². The molecule has 0 saturated carbocycles. The van der Waals surface area contributed by atoms with Gasteiger partial charge in [-0.1, -0.05) is 32.0 Å². The first-order chi connectivity index (χ1) is 10.2. The molecule has 1 aromatic carbocycles. The summed E-state index contributed by atoms with van der Waals surface area (Å²) in [5, 5.41) is 4.53. The van der Waals surface area contributed by atoms with Gasteiger partial charge < -0.3 is 9.73 Å². The van der Waals surface area contributed by atoms with Gasteiger partial charge in [0.2, 0.25) is 0 Å². The summed E-state index contributed by atoms with van der Waals surface area (Å²) < 4.78 is 6.14. The molecule has 1 saturated heterocycles. The van der Waals surface area contributed by atoms with Gasteiger partial charge in [0.1, 0.15) is 11.3 Å². The number of furan rings is 1. The zero-order valence-electron chi connectivity index (χ0n) is 13.4.